The van der Waals surface area contributed by atoms with Crippen molar-refractivity contribution in [1.29, 1.82) is 0 Å². The normalized spacial score (nSPS) is 12.6. The molecule has 1 heterocycles. The van der Waals surface area contributed by atoms with Crippen LogP contribution in [0.1, 0.15) is 22.0 Å². The number of nitrogens with two attached hydrogens (primary N) is 1. The summed E-state index contributed by atoms with van der Waals surface area (Å²) in [6.45, 7) is 4.25. The van der Waals surface area contributed by atoms with Crippen molar-refractivity contribution in [2.75, 3.05) is 5.75 Å². The minimum Gasteiger partial charge on any atom is -0.323 e. The largest absolute Gasteiger partial charge is 0.323 e. The van der Waals surface area contributed by atoms with Crippen molar-refractivity contribution in [1.82, 2.24) is 0 Å². The van der Waals surface area contributed by atoms with Crippen LogP contribution in [0.3, 0.4) is 0 Å². The highest BCUT2D eigenvalue weighted by molar-refractivity contribution is 7.99. The maximum absolute atomic E-state index is 6.22. The molecule has 1 aromatic heterocycles. The van der Waals surface area contributed by atoms with Gasteiger partial charge in [0.25, 0.3) is 0 Å². The predicted molar refractivity (Wildman–Crippen MR) is 77.9 cm³/mol. The van der Waals surface area contributed by atoms with Crippen LogP contribution in [0.15, 0.2) is 40.6 Å². The Hall–Kier alpha value is -0.770. The van der Waals surface area contributed by atoms with Crippen molar-refractivity contribution >= 4 is 23.1 Å². The molecule has 0 saturated heterocycles. The average Bonchev–Trinajstić information content (AvgIpc) is 2.72. The first-order chi connectivity index (χ1) is 8.16. The van der Waals surface area contributed by atoms with Crippen LogP contribution in [0.5, 0.6) is 0 Å². The van der Waals surface area contributed by atoms with Gasteiger partial charge in [-0.3, -0.25) is 0 Å². The summed E-state index contributed by atoms with van der Waals surface area (Å²) in [6, 6.07) is 10.8. The van der Waals surface area contributed by atoms with Crippen molar-refractivity contribution in [3.63, 3.8) is 0 Å². The molecule has 3 heteroatoms. The smallest absolute Gasteiger partial charge is 0.0487 e. The summed E-state index contributed by atoms with van der Waals surface area (Å²) in [4.78, 5) is 2.61. The maximum Gasteiger partial charge on any atom is 0.0487 e. The van der Waals surface area contributed by atoms with Gasteiger partial charge >= 0.3 is 0 Å². The second kappa shape index (κ2) is 5.71. The zero-order valence-electron chi connectivity index (χ0n) is 10.1. The van der Waals surface area contributed by atoms with E-state index in [2.05, 4.69) is 49.6 Å². The van der Waals surface area contributed by atoms with E-state index >= 15 is 0 Å². The lowest BCUT2D eigenvalue weighted by molar-refractivity contribution is 0.844. The fourth-order valence-electron chi connectivity index (χ4n) is 1.73. The van der Waals surface area contributed by atoms with Gasteiger partial charge < -0.3 is 5.73 Å². The highest BCUT2D eigenvalue weighted by Crippen LogP contribution is 2.28. The van der Waals surface area contributed by atoms with Crippen molar-refractivity contribution in [2.24, 2.45) is 5.73 Å². The van der Waals surface area contributed by atoms with Crippen molar-refractivity contribution < 1.29 is 0 Å². The summed E-state index contributed by atoms with van der Waals surface area (Å²) in [6.07, 6.45) is 0. The molecule has 2 rings (SSSR count). The Balaban J connectivity index is 1.97. The molecule has 0 aliphatic carbocycles. The van der Waals surface area contributed by atoms with E-state index in [1.807, 2.05) is 11.8 Å². The van der Waals surface area contributed by atoms with Crippen molar-refractivity contribution in [2.45, 2.75) is 24.8 Å². The predicted octanol–water partition coefficient (Wildman–Crippen LogP) is 4.16. The highest BCUT2D eigenvalue weighted by atomic mass is 32.2. The number of hydrogen-bond acceptors (Lipinski definition) is 3. The van der Waals surface area contributed by atoms with E-state index in [9.17, 15) is 0 Å². The molecule has 1 aromatic carbocycles. The second-order valence-electron chi connectivity index (χ2n) is 4.20. The van der Waals surface area contributed by atoms with Crippen LogP contribution < -0.4 is 5.73 Å². The molecule has 1 nitrogen and oxygen atoms in total. The summed E-state index contributed by atoms with van der Waals surface area (Å²) < 4.78 is 0. The van der Waals surface area contributed by atoms with Gasteiger partial charge in [0, 0.05) is 21.6 Å². The van der Waals surface area contributed by atoms with E-state index in [0.717, 1.165) is 5.75 Å². The number of aryl methyl sites for hydroxylation is 2. The minimum absolute atomic E-state index is 0.139. The van der Waals surface area contributed by atoms with Crippen LogP contribution in [-0.2, 0) is 0 Å². The fraction of sp³-hybridized carbons (Fsp3) is 0.286. The SMILES string of the molecule is Cc1cccc(SCC(N)c2sccc2C)c1. The Morgan fingerprint density at radius 1 is 1.29 bits per heavy atom. The van der Waals surface area contributed by atoms with Gasteiger partial charge in [0.1, 0.15) is 0 Å². The van der Waals surface area contributed by atoms with Crippen LogP contribution in [-0.4, -0.2) is 5.75 Å². The number of thioether (sulfide) groups is 1. The Morgan fingerprint density at radius 3 is 2.76 bits per heavy atom. The number of rotatable bonds is 4. The van der Waals surface area contributed by atoms with E-state index in [0.29, 0.717) is 0 Å². The number of hydrogen-bond donors (Lipinski definition) is 1. The van der Waals surface area contributed by atoms with Gasteiger partial charge in [-0.05, 0) is 43.0 Å². The van der Waals surface area contributed by atoms with Gasteiger partial charge in [0.05, 0.1) is 0 Å². The molecule has 0 aliphatic rings. The molecular formula is C14H17NS2. The summed E-state index contributed by atoms with van der Waals surface area (Å²) in [5.74, 6) is 0.935. The number of thiophene rings is 1. The first-order valence-corrected chi connectivity index (χ1v) is 7.52. The van der Waals surface area contributed by atoms with Crippen molar-refractivity contribution in [3.8, 4) is 0 Å². The zero-order valence-corrected chi connectivity index (χ0v) is 11.8. The molecule has 0 spiro atoms. The van der Waals surface area contributed by atoms with Crippen molar-refractivity contribution in [3.05, 3.63) is 51.7 Å². The molecule has 90 valence electrons. The fourth-order valence-corrected chi connectivity index (χ4v) is 3.75. The lowest BCUT2D eigenvalue weighted by atomic mass is 10.2. The Bertz CT molecular complexity index is 490. The second-order valence-corrected chi connectivity index (χ2v) is 6.24. The summed E-state index contributed by atoms with van der Waals surface area (Å²) >= 11 is 3.59. The van der Waals surface area contributed by atoms with E-state index in [1.54, 1.807) is 11.3 Å². The molecule has 0 radical (unpaired) electrons. The van der Waals surface area contributed by atoms with Gasteiger partial charge in [0.2, 0.25) is 0 Å². The lowest BCUT2D eigenvalue weighted by Crippen LogP contribution is -2.12. The zero-order chi connectivity index (χ0) is 12.3. The Morgan fingerprint density at radius 2 is 2.12 bits per heavy atom. The first-order valence-electron chi connectivity index (χ1n) is 5.66. The van der Waals surface area contributed by atoms with Gasteiger partial charge in [0.15, 0.2) is 0 Å². The lowest BCUT2D eigenvalue weighted by Gasteiger charge is -2.11. The molecule has 1 atom stereocenters. The molecule has 0 aliphatic heterocycles. The molecule has 0 bridgehead atoms. The summed E-state index contributed by atoms with van der Waals surface area (Å²) in [5.41, 5.74) is 8.83. The topological polar surface area (TPSA) is 26.0 Å². The van der Waals surface area contributed by atoms with Crippen LogP contribution in [0.25, 0.3) is 0 Å². The van der Waals surface area contributed by atoms with Gasteiger partial charge in [-0.2, -0.15) is 0 Å². The third-order valence-corrected chi connectivity index (χ3v) is 4.92. The van der Waals surface area contributed by atoms with Crippen LogP contribution in [0.2, 0.25) is 0 Å². The summed E-state index contributed by atoms with van der Waals surface area (Å²) in [5, 5.41) is 2.11. The van der Waals surface area contributed by atoms with Crippen LogP contribution in [0.4, 0.5) is 0 Å². The number of benzene rings is 1. The molecular weight excluding hydrogens is 246 g/mol. The third kappa shape index (κ3) is 3.35. The van der Waals surface area contributed by atoms with Gasteiger partial charge in [-0.1, -0.05) is 17.7 Å². The summed E-state index contributed by atoms with van der Waals surface area (Å²) in [7, 11) is 0. The molecule has 17 heavy (non-hydrogen) atoms. The van der Waals surface area contributed by atoms with E-state index < -0.39 is 0 Å². The Labute approximate surface area is 111 Å². The molecule has 0 saturated carbocycles. The maximum atomic E-state index is 6.22. The molecule has 0 amide bonds. The standard InChI is InChI=1S/C14H17NS2/c1-10-4-3-5-12(8-10)17-9-13(15)14-11(2)6-7-16-14/h3-8,13H,9,15H2,1-2H3. The molecule has 0 fully saturated rings. The van der Waals surface area contributed by atoms with Crippen LogP contribution in [0, 0.1) is 13.8 Å². The van der Waals surface area contributed by atoms with Crippen LogP contribution >= 0.6 is 23.1 Å². The highest BCUT2D eigenvalue weighted by Gasteiger charge is 2.10. The average molecular weight is 263 g/mol. The molecule has 1 unspecified atom stereocenters. The quantitative estimate of drug-likeness (QED) is 0.838. The monoisotopic (exact) mass is 263 g/mol. The van der Waals surface area contributed by atoms with Gasteiger partial charge in [-0.25, -0.2) is 0 Å². The minimum atomic E-state index is 0.139. The van der Waals surface area contributed by atoms with Gasteiger partial charge in [-0.15, -0.1) is 23.1 Å². The molecule has 2 aromatic rings. The first kappa shape index (κ1) is 12.7. The molecule has 2 N–H and O–H groups in total. The Kier molecular flexibility index (Phi) is 4.26. The van der Waals surface area contributed by atoms with E-state index in [-0.39, 0.29) is 6.04 Å². The van der Waals surface area contributed by atoms with E-state index in [1.165, 1.54) is 20.9 Å². The van der Waals surface area contributed by atoms with E-state index in [4.69, 9.17) is 5.73 Å². The third-order valence-electron chi connectivity index (χ3n) is 2.66.